The molecular weight excluding hydrogens is 430 g/mol. The third-order valence-electron chi connectivity index (χ3n) is 3.44. The van der Waals surface area contributed by atoms with Crippen molar-refractivity contribution in [3.8, 4) is 11.5 Å². The maximum absolute atomic E-state index is 12.6. The number of aromatic hydroxyl groups is 1. The topological polar surface area (TPSA) is 66.8 Å². The largest absolute Gasteiger partial charge is 0.504 e. The first-order chi connectivity index (χ1) is 11.9. The van der Waals surface area contributed by atoms with E-state index in [1.54, 1.807) is 36.4 Å². The molecule has 0 unspecified atom stereocenters. The quantitative estimate of drug-likeness (QED) is 0.676. The number of carbonyl (C=O) groups is 2. The molecule has 8 heteroatoms. The molecule has 128 valence electrons. The predicted molar refractivity (Wildman–Crippen MR) is 102 cm³/mol. The lowest BCUT2D eigenvalue weighted by Crippen LogP contribution is -2.27. The van der Waals surface area contributed by atoms with Gasteiger partial charge in [-0.2, -0.15) is 0 Å². The van der Waals surface area contributed by atoms with Crippen molar-refractivity contribution >= 4 is 62.2 Å². The maximum atomic E-state index is 12.6. The van der Waals surface area contributed by atoms with E-state index in [1.165, 1.54) is 13.2 Å². The highest BCUT2D eigenvalue weighted by molar-refractivity contribution is 9.10. The summed E-state index contributed by atoms with van der Waals surface area (Å²) in [5.41, 5.74) is 0.761. The third kappa shape index (κ3) is 3.53. The molecule has 1 heterocycles. The van der Waals surface area contributed by atoms with Gasteiger partial charge in [0.15, 0.2) is 11.5 Å². The standard InChI is InChI=1S/C17H11BrClNO4S/c1-24-13-7-10(18)5-9(15(13)21)6-14-16(22)20(17(23)25-14)12-4-2-3-11(19)8-12/h2-8,21H,1H3/b14-6+. The number of imide groups is 1. The number of rotatable bonds is 3. The van der Waals surface area contributed by atoms with E-state index in [2.05, 4.69) is 15.9 Å². The average Bonchev–Trinajstić information content (AvgIpc) is 2.84. The summed E-state index contributed by atoms with van der Waals surface area (Å²) in [6, 6.07) is 9.72. The number of ether oxygens (including phenoxy) is 1. The summed E-state index contributed by atoms with van der Waals surface area (Å²) >= 11 is 10.0. The van der Waals surface area contributed by atoms with E-state index in [9.17, 15) is 14.7 Å². The Bertz CT molecular complexity index is 916. The first kappa shape index (κ1) is 17.8. The second-order valence-electron chi connectivity index (χ2n) is 5.04. The normalized spacial score (nSPS) is 16.0. The summed E-state index contributed by atoms with van der Waals surface area (Å²) in [5, 5.41) is 10.2. The monoisotopic (exact) mass is 439 g/mol. The Morgan fingerprint density at radius 3 is 2.72 bits per heavy atom. The fourth-order valence-corrected chi connectivity index (χ4v) is 3.78. The number of hydrogen-bond donors (Lipinski definition) is 1. The van der Waals surface area contributed by atoms with Gasteiger partial charge in [-0.05, 0) is 48.2 Å². The highest BCUT2D eigenvalue weighted by atomic mass is 79.9. The molecule has 2 aromatic rings. The Labute approximate surface area is 161 Å². The number of hydrogen-bond acceptors (Lipinski definition) is 5. The van der Waals surface area contributed by atoms with Crippen LogP contribution in [-0.4, -0.2) is 23.4 Å². The van der Waals surface area contributed by atoms with Gasteiger partial charge in [0.1, 0.15) is 0 Å². The molecule has 0 radical (unpaired) electrons. The number of nitrogens with zero attached hydrogens (tertiary/aromatic N) is 1. The number of carbonyl (C=O) groups excluding carboxylic acids is 2. The van der Waals surface area contributed by atoms with E-state index in [0.717, 1.165) is 16.7 Å². The first-order valence-corrected chi connectivity index (χ1v) is 8.99. The second-order valence-corrected chi connectivity index (χ2v) is 7.39. The van der Waals surface area contributed by atoms with Crippen LogP contribution in [0.5, 0.6) is 11.5 Å². The van der Waals surface area contributed by atoms with Crippen molar-refractivity contribution in [3.63, 3.8) is 0 Å². The van der Waals surface area contributed by atoms with Crippen LogP contribution in [0.15, 0.2) is 45.8 Å². The molecule has 1 aliphatic rings. The van der Waals surface area contributed by atoms with Crippen LogP contribution in [0.3, 0.4) is 0 Å². The minimum Gasteiger partial charge on any atom is -0.504 e. The third-order valence-corrected chi connectivity index (χ3v) is 5.00. The van der Waals surface area contributed by atoms with Gasteiger partial charge in [0.05, 0.1) is 17.7 Å². The van der Waals surface area contributed by atoms with Crippen LogP contribution in [-0.2, 0) is 4.79 Å². The number of amides is 2. The molecule has 0 spiro atoms. The molecule has 0 bridgehead atoms. The molecule has 25 heavy (non-hydrogen) atoms. The summed E-state index contributed by atoms with van der Waals surface area (Å²) in [6.07, 6.45) is 1.46. The van der Waals surface area contributed by atoms with Crippen molar-refractivity contribution in [3.05, 3.63) is 56.4 Å². The Kier molecular flexibility index (Phi) is 5.08. The van der Waals surface area contributed by atoms with E-state index >= 15 is 0 Å². The zero-order valence-electron chi connectivity index (χ0n) is 12.8. The maximum Gasteiger partial charge on any atom is 0.298 e. The van der Waals surface area contributed by atoms with Crippen LogP contribution < -0.4 is 9.64 Å². The Balaban J connectivity index is 2.00. The van der Waals surface area contributed by atoms with Gasteiger partial charge in [-0.25, -0.2) is 4.90 Å². The van der Waals surface area contributed by atoms with Crippen LogP contribution in [0.2, 0.25) is 5.02 Å². The van der Waals surface area contributed by atoms with Crippen molar-refractivity contribution in [2.45, 2.75) is 0 Å². The van der Waals surface area contributed by atoms with Crippen molar-refractivity contribution in [1.82, 2.24) is 0 Å². The van der Waals surface area contributed by atoms with Gasteiger partial charge >= 0.3 is 0 Å². The summed E-state index contributed by atoms with van der Waals surface area (Å²) in [5.74, 6) is -0.328. The lowest BCUT2D eigenvalue weighted by Gasteiger charge is -2.12. The molecule has 0 atom stereocenters. The molecule has 1 aliphatic heterocycles. The van der Waals surface area contributed by atoms with Gasteiger partial charge in [0, 0.05) is 15.1 Å². The molecule has 0 aromatic heterocycles. The molecule has 1 fully saturated rings. The number of phenols is 1. The zero-order chi connectivity index (χ0) is 18.1. The minimum absolute atomic E-state index is 0.111. The van der Waals surface area contributed by atoms with Gasteiger partial charge in [-0.3, -0.25) is 9.59 Å². The van der Waals surface area contributed by atoms with Crippen molar-refractivity contribution < 1.29 is 19.4 Å². The van der Waals surface area contributed by atoms with Gasteiger partial charge in [0.2, 0.25) is 0 Å². The number of halogens is 2. The predicted octanol–water partition coefficient (Wildman–Crippen LogP) is 5.06. The first-order valence-electron chi connectivity index (χ1n) is 7.00. The molecule has 3 rings (SSSR count). The van der Waals surface area contributed by atoms with E-state index in [1.807, 2.05) is 0 Å². The van der Waals surface area contributed by atoms with Crippen molar-refractivity contribution in [2.75, 3.05) is 12.0 Å². The van der Waals surface area contributed by atoms with Gasteiger partial charge in [-0.1, -0.05) is 33.6 Å². The summed E-state index contributed by atoms with van der Waals surface area (Å²) in [7, 11) is 1.43. The molecule has 0 saturated carbocycles. The Morgan fingerprint density at radius 2 is 2.04 bits per heavy atom. The van der Waals surface area contributed by atoms with Crippen molar-refractivity contribution in [1.29, 1.82) is 0 Å². The summed E-state index contributed by atoms with van der Waals surface area (Å²) in [6.45, 7) is 0. The number of phenolic OH excluding ortho intramolecular Hbond substituents is 1. The van der Waals surface area contributed by atoms with Crippen LogP contribution >= 0.6 is 39.3 Å². The molecule has 0 aliphatic carbocycles. The molecule has 5 nitrogen and oxygen atoms in total. The fraction of sp³-hybridized carbons (Fsp3) is 0.0588. The van der Waals surface area contributed by atoms with Crippen LogP contribution in [0.25, 0.3) is 6.08 Å². The Hall–Kier alpha value is -1.96. The number of anilines is 1. The van der Waals surface area contributed by atoms with Crippen LogP contribution in [0, 0.1) is 0 Å². The number of thioether (sulfide) groups is 1. The summed E-state index contributed by atoms with van der Waals surface area (Å²) < 4.78 is 5.76. The second kappa shape index (κ2) is 7.11. The van der Waals surface area contributed by atoms with E-state index in [-0.39, 0.29) is 16.4 Å². The van der Waals surface area contributed by atoms with Gasteiger partial charge in [-0.15, -0.1) is 0 Å². The molecule has 1 N–H and O–H groups in total. The SMILES string of the molecule is COc1cc(Br)cc(/C=C2/SC(=O)N(c3cccc(Cl)c3)C2=O)c1O. The van der Waals surface area contributed by atoms with Crippen LogP contribution in [0.1, 0.15) is 5.56 Å². The molecule has 1 saturated heterocycles. The van der Waals surface area contributed by atoms with E-state index in [0.29, 0.717) is 20.7 Å². The zero-order valence-corrected chi connectivity index (χ0v) is 16.0. The lowest BCUT2D eigenvalue weighted by molar-refractivity contribution is -0.113. The molecule has 2 amide bonds. The highest BCUT2D eigenvalue weighted by Gasteiger charge is 2.36. The minimum atomic E-state index is -0.476. The smallest absolute Gasteiger partial charge is 0.298 e. The highest BCUT2D eigenvalue weighted by Crippen LogP contribution is 2.40. The van der Waals surface area contributed by atoms with E-state index in [4.69, 9.17) is 16.3 Å². The van der Waals surface area contributed by atoms with Crippen molar-refractivity contribution in [2.24, 2.45) is 0 Å². The Morgan fingerprint density at radius 1 is 1.28 bits per heavy atom. The number of methoxy groups -OCH3 is 1. The van der Waals surface area contributed by atoms with E-state index < -0.39 is 11.1 Å². The summed E-state index contributed by atoms with van der Waals surface area (Å²) in [4.78, 5) is 26.1. The van der Waals surface area contributed by atoms with Crippen LogP contribution in [0.4, 0.5) is 10.5 Å². The number of benzene rings is 2. The molecular formula is C17H11BrClNO4S. The van der Waals surface area contributed by atoms with Gasteiger partial charge in [0.25, 0.3) is 11.1 Å². The lowest BCUT2D eigenvalue weighted by atomic mass is 10.1. The fourth-order valence-electron chi connectivity index (χ4n) is 2.31. The van der Waals surface area contributed by atoms with Gasteiger partial charge < -0.3 is 9.84 Å². The average molecular weight is 441 g/mol. The molecule has 2 aromatic carbocycles.